The first-order chi connectivity index (χ1) is 12.0. The fourth-order valence-electron chi connectivity index (χ4n) is 3.18. The Kier molecular flexibility index (Phi) is 7.88. The Hall–Kier alpha value is -1.43. The van der Waals surface area contributed by atoms with Crippen molar-refractivity contribution >= 4 is 5.91 Å². The van der Waals surface area contributed by atoms with E-state index in [1.807, 2.05) is 12.1 Å². The van der Waals surface area contributed by atoms with Crippen LogP contribution in [0.3, 0.4) is 0 Å². The number of amides is 1. The van der Waals surface area contributed by atoms with E-state index in [9.17, 15) is 4.79 Å². The van der Waals surface area contributed by atoms with Gasteiger partial charge >= 0.3 is 0 Å². The number of nitrogens with zero attached hydrogens (tertiary/aromatic N) is 2. The second kappa shape index (κ2) is 9.90. The number of hydrogen-bond donors (Lipinski definition) is 1. The van der Waals surface area contributed by atoms with Gasteiger partial charge in [-0.05, 0) is 45.0 Å². The molecule has 140 valence electrons. The number of morpholine rings is 1. The molecule has 25 heavy (non-hydrogen) atoms. The molecule has 5 heteroatoms. The standard InChI is InChI=1S/C20H33N3O2/c1-5-23(16(2)3)15-18-6-8-19(9-7-18)20(24)21-17(4)14-22-10-12-25-13-11-22/h6-9,16-17H,5,10-15H2,1-4H3,(H,21,24). The summed E-state index contributed by atoms with van der Waals surface area (Å²) in [7, 11) is 0. The maximum atomic E-state index is 12.4. The predicted octanol–water partition coefficient (Wildman–Crippen LogP) is 2.37. The molecule has 1 saturated heterocycles. The summed E-state index contributed by atoms with van der Waals surface area (Å²) in [5.74, 6) is 0.00326. The molecule has 0 radical (unpaired) electrons. The highest BCUT2D eigenvalue weighted by Gasteiger charge is 2.16. The van der Waals surface area contributed by atoms with E-state index in [2.05, 4.69) is 54.9 Å². The van der Waals surface area contributed by atoms with Crippen LogP contribution in [0.5, 0.6) is 0 Å². The van der Waals surface area contributed by atoms with Gasteiger partial charge in [-0.15, -0.1) is 0 Å². The van der Waals surface area contributed by atoms with Gasteiger partial charge in [0.2, 0.25) is 0 Å². The topological polar surface area (TPSA) is 44.8 Å². The zero-order valence-corrected chi connectivity index (χ0v) is 16.1. The van der Waals surface area contributed by atoms with Crippen LogP contribution in [0.4, 0.5) is 0 Å². The summed E-state index contributed by atoms with van der Waals surface area (Å²) in [6, 6.07) is 8.63. The average Bonchev–Trinajstić information content (AvgIpc) is 2.60. The van der Waals surface area contributed by atoms with Gasteiger partial charge in [0.05, 0.1) is 13.2 Å². The summed E-state index contributed by atoms with van der Waals surface area (Å²) >= 11 is 0. The fraction of sp³-hybridized carbons (Fsp3) is 0.650. The first kappa shape index (κ1) is 19.9. The number of rotatable bonds is 8. The van der Waals surface area contributed by atoms with E-state index in [1.54, 1.807) is 0 Å². The van der Waals surface area contributed by atoms with E-state index in [0.717, 1.165) is 51.5 Å². The van der Waals surface area contributed by atoms with Gasteiger partial charge in [-0.25, -0.2) is 0 Å². The molecular weight excluding hydrogens is 314 g/mol. The molecule has 1 unspecified atom stereocenters. The van der Waals surface area contributed by atoms with Crippen LogP contribution in [-0.4, -0.2) is 67.2 Å². The van der Waals surface area contributed by atoms with Crippen molar-refractivity contribution in [1.29, 1.82) is 0 Å². The van der Waals surface area contributed by atoms with Gasteiger partial charge in [0.25, 0.3) is 5.91 Å². The van der Waals surface area contributed by atoms with Crippen molar-refractivity contribution in [2.45, 2.75) is 46.3 Å². The molecule has 1 fully saturated rings. The summed E-state index contributed by atoms with van der Waals surface area (Å²) in [6.45, 7) is 14.9. The molecule has 1 amide bonds. The Morgan fingerprint density at radius 3 is 2.40 bits per heavy atom. The van der Waals surface area contributed by atoms with Crippen molar-refractivity contribution in [1.82, 2.24) is 15.1 Å². The van der Waals surface area contributed by atoms with E-state index >= 15 is 0 Å². The van der Waals surface area contributed by atoms with Crippen molar-refractivity contribution < 1.29 is 9.53 Å². The summed E-state index contributed by atoms with van der Waals surface area (Å²) in [5, 5.41) is 3.10. The van der Waals surface area contributed by atoms with Crippen LogP contribution >= 0.6 is 0 Å². The van der Waals surface area contributed by atoms with Gasteiger partial charge < -0.3 is 10.1 Å². The minimum Gasteiger partial charge on any atom is -0.379 e. The third-order valence-electron chi connectivity index (χ3n) is 4.75. The summed E-state index contributed by atoms with van der Waals surface area (Å²) in [5.41, 5.74) is 1.97. The average molecular weight is 348 g/mol. The summed E-state index contributed by atoms with van der Waals surface area (Å²) in [4.78, 5) is 17.2. The SMILES string of the molecule is CCN(Cc1ccc(C(=O)NC(C)CN2CCOCC2)cc1)C(C)C. The van der Waals surface area contributed by atoms with Gasteiger partial charge in [0, 0.05) is 43.8 Å². The molecule has 2 rings (SSSR count). The second-order valence-corrected chi connectivity index (χ2v) is 7.14. The highest BCUT2D eigenvalue weighted by Crippen LogP contribution is 2.10. The van der Waals surface area contributed by atoms with Crippen molar-refractivity contribution in [2.75, 3.05) is 39.4 Å². The molecule has 0 spiro atoms. The zero-order chi connectivity index (χ0) is 18.2. The van der Waals surface area contributed by atoms with E-state index in [-0.39, 0.29) is 11.9 Å². The lowest BCUT2D eigenvalue weighted by Gasteiger charge is -2.29. The lowest BCUT2D eigenvalue weighted by Crippen LogP contribution is -2.46. The van der Waals surface area contributed by atoms with Crippen LogP contribution in [0.25, 0.3) is 0 Å². The Bertz CT molecular complexity index is 524. The third-order valence-corrected chi connectivity index (χ3v) is 4.75. The predicted molar refractivity (Wildman–Crippen MR) is 102 cm³/mol. The Morgan fingerprint density at radius 2 is 1.84 bits per heavy atom. The van der Waals surface area contributed by atoms with Crippen LogP contribution in [0, 0.1) is 0 Å². The van der Waals surface area contributed by atoms with Crippen LogP contribution in [0.2, 0.25) is 0 Å². The maximum Gasteiger partial charge on any atom is 0.251 e. The molecule has 1 atom stereocenters. The smallest absolute Gasteiger partial charge is 0.251 e. The van der Waals surface area contributed by atoms with Gasteiger partial charge in [-0.3, -0.25) is 14.6 Å². The number of benzene rings is 1. The van der Waals surface area contributed by atoms with Crippen LogP contribution in [0.15, 0.2) is 24.3 Å². The Labute approximate surface area is 152 Å². The van der Waals surface area contributed by atoms with Gasteiger partial charge in [-0.1, -0.05) is 19.1 Å². The molecule has 1 heterocycles. The molecule has 0 saturated carbocycles. The van der Waals surface area contributed by atoms with Crippen LogP contribution in [0.1, 0.15) is 43.6 Å². The van der Waals surface area contributed by atoms with Crippen molar-refractivity contribution in [3.05, 3.63) is 35.4 Å². The Morgan fingerprint density at radius 1 is 1.20 bits per heavy atom. The maximum absolute atomic E-state index is 12.4. The highest BCUT2D eigenvalue weighted by molar-refractivity contribution is 5.94. The lowest BCUT2D eigenvalue weighted by molar-refractivity contribution is 0.0342. The number of ether oxygens (including phenoxy) is 1. The molecule has 0 aliphatic carbocycles. The van der Waals surface area contributed by atoms with Gasteiger partial charge in [0.1, 0.15) is 0 Å². The van der Waals surface area contributed by atoms with Gasteiger partial charge in [0.15, 0.2) is 0 Å². The normalized spacial score (nSPS) is 17.0. The summed E-state index contributed by atoms with van der Waals surface area (Å²) < 4.78 is 5.36. The third kappa shape index (κ3) is 6.42. The number of carbonyl (C=O) groups excluding carboxylic acids is 1. The van der Waals surface area contributed by atoms with E-state index < -0.39 is 0 Å². The van der Waals surface area contributed by atoms with Gasteiger partial charge in [-0.2, -0.15) is 0 Å². The minimum atomic E-state index is 0.00326. The number of carbonyl (C=O) groups is 1. The molecule has 1 N–H and O–H groups in total. The first-order valence-corrected chi connectivity index (χ1v) is 9.43. The molecule has 5 nitrogen and oxygen atoms in total. The monoisotopic (exact) mass is 347 g/mol. The molecule has 1 aliphatic rings. The molecule has 1 aromatic rings. The highest BCUT2D eigenvalue weighted by atomic mass is 16.5. The molecular formula is C20H33N3O2. The Balaban J connectivity index is 1.84. The van der Waals surface area contributed by atoms with Crippen molar-refractivity contribution in [3.63, 3.8) is 0 Å². The number of hydrogen-bond acceptors (Lipinski definition) is 4. The largest absolute Gasteiger partial charge is 0.379 e. The van der Waals surface area contributed by atoms with Crippen molar-refractivity contribution in [2.24, 2.45) is 0 Å². The zero-order valence-electron chi connectivity index (χ0n) is 16.1. The second-order valence-electron chi connectivity index (χ2n) is 7.14. The minimum absolute atomic E-state index is 0.00326. The summed E-state index contributed by atoms with van der Waals surface area (Å²) in [6.07, 6.45) is 0. The molecule has 1 aromatic carbocycles. The van der Waals surface area contributed by atoms with Crippen molar-refractivity contribution in [3.8, 4) is 0 Å². The van der Waals surface area contributed by atoms with Crippen LogP contribution in [-0.2, 0) is 11.3 Å². The molecule has 1 aliphatic heterocycles. The van der Waals surface area contributed by atoms with E-state index in [0.29, 0.717) is 6.04 Å². The quantitative estimate of drug-likeness (QED) is 0.784. The number of nitrogens with one attached hydrogen (secondary N) is 1. The lowest BCUT2D eigenvalue weighted by atomic mass is 10.1. The first-order valence-electron chi connectivity index (χ1n) is 9.43. The molecule has 0 bridgehead atoms. The van der Waals surface area contributed by atoms with E-state index in [4.69, 9.17) is 4.74 Å². The van der Waals surface area contributed by atoms with Crippen LogP contribution < -0.4 is 5.32 Å². The van der Waals surface area contributed by atoms with E-state index in [1.165, 1.54) is 5.56 Å². The molecule has 0 aromatic heterocycles. The fourth-order valence-corrected chi connectivity index (χ4v) is 3.18.